The zero-order chi connectivity index (χ0) is 11.5. The molecular formula is C11H16BrN3S. The van der Waals surface area contributed by atoms with E-state index in [2.05, 4.69) is 32.8 Å². The van der Waals surface area contributed by atoms with Gasteiger partial charge in [0.25, 0.3) is 0 Å². The van der Waals surface area contributed by atoms with E-state index in [-0.39, 0.29) is 0 Å². The summed E-state index contributed by atoms with van der Waals surface area (Å²) in [5.74, 6) is 2.72. The van der Waals surface area contributed by atoms with E-state index in [0.29, 0.717) is 11.1 Å². The minimum absolute atomic E-state index is 0.450. The lowest BCUT2D eigenvalue weighted by Gasteiger charge is -2.11. The molecule has 0 bridgehead atoms. The SMILES string of the molecule is CCCc1nc(C2CCCS2)nc(N)c1Br. The zero-order valence-electron chi connectivity index (χ0n) is 9.37. The van der Waals surface area contributed by atoms with Crippen LogP contribution >= 0.6 is 27.7 Å². The first-order valence-electron chi connectivity index (χ1n) is 5.65. The van der Waals surface area contributed by atoms with Gasteiger partial charge < -0.3 is 5.73 Å². The van der Waals surface area contributed by atoms with Gasteiger partial charge in [-0.05, 0) is 40.9 Å². The van der Waals surface area contributed by atoms with Gasteiger partial charge in [-0.2, -0.15) is 11.8 Å². The molecule has 1 aromatic heterocycles. The predicted molar refractivity (Wildman–Crippen MR) is 72.6 cm³/mol. The van der Waals surface area contributed by atoms with E-state index >= 15 is 0 Å². The van der Waals surface area contributed by atoms with E-state index in [9.17, 15) is 0 Å². The maximum Gasteiger partial charge on any atom is 0.144 e. The molecule has 1 saturated heterocycles. The summed E-state index contributed by atoms with van der Waals surface area (Å²) in [7, 11) is 0. The third kappa shape index (κ3) is 2.51. The molecule has 0 aromatic carbocycles. The molecule has 16 heavy (non-hydrogen) atoms. The Kier molecular flexibility index (Phi) is 4.08. The first-order chi connectivity index (χ1) is 7.72. The fraction of sp³-hybridized carbons (Fsp3) is 0.636. The second-order valence-corrected chi connectivity index (χ2v) is 6.08. The molecule has 0 radical (unpaired) electrons. The summed E-state index contributed by atoms with van der Waals surface area (Å²) in [5, 5.41) is 0.450. The van der Waals surface area contributed by atoms with Crippen LogP contribution in [-0.4, -0.2) is 15.7 Å². The molecule has 88 valence electrons. The molecule has 1 fully saturated rings. The number of nitrogens with two attached hydrogens (primary N) is 1. The molecule has 1 aromatic rings. The minimum Gasteiger partial charge on any atom is -0.383 e. The Morgan fingerprint density at radius 1 is 1.50 bits per heavy atom. The molecule has 0 saturated carbocycles. The van der Waals surface area contributed by atoms with Crippen molar-refractivity contribution < 1.29 is 0 Å². The van der Waals surface area contributed by atoms with Crippen molar-refractivity contribution in [3.8, 4) is 0 Å². The molecule has 2 heterocycles. The number of aryl methyl sites for hydroxylation is 1. The average Bonchev–Trinajstić information content (AvgIpc) is 2.78. The summed E-state index contributed by atoms with van der Waals surface area (Å²) < 4.78 is 0.876. The maximum absolute atomic E-state index is 5.91. The number of aromatic nitrogens is 2. The lowest BCUT2D eigenvalue weighted by atomic mass is 10.2. The Hall–Kier alpha value is -0.290. The van der Waals surface area contributed by atoms with E-state index in [4.69, 9.17) is 5.73 Å². The Balaban J connectivity index is 2.31. The maximum atomic E-state index is 5.91. The van der Waals surface area contributed by atoms with Gasteiger partial charge in [0, 0.05) is 0 Å². The normalized spacial score (nSPS) is 20.2. The van der Waals surface area contributed by atoms with E-state index < -0.39 is 0 Å². The van der Waals surface area contributed by atoms with Crippen molar-refractivity contribution in [3.63, 3.8) is 0 Å². The second-order valence-electron chi connectivity index (χ2n) is 3.98. The number of nitrogens with zero attached hydrogens (tertiary/aromatic N) is 2. The van der Waals surface area contributed by atoms with E-state index in [1.807, 2.05) is 11.8 Å². The summed E-state index contributed by atoms with van der Waals surface area (Å²) >= 11 is 5.41. The standard InChI is InChI=1S/C11H16BrN3S/c1-2-4-7-9(12)10(13)15-11(14-7)8-5-3-6-16-8/h8H,2-6H2,1H3,(H2,13,14,15). The number of nitrogen functional groups attached to an aromatic ring is 1. The van der Waals surface area contributed by atoms with Crippen LogP contribution in [0.1, 0.15) is 43.0 Å². The highest BCUT2D eigenvalue weighted by Crippen LogP contribution is 2.39. The highest BCUT2D eigenvalue weighted by molar-refractivity contribution is 9.10. The molecule has 2 rings (SSSR count). The van der Waals surface area contributed by atoms with E-state index in [1.54, 1.807) is 0 Å². The molecular weight excluding hydrogens is 286 g/mol. The quantitative estimate of drug-likeness (QED) is 0.930. The third-order valence-electron chi connectivity index (χ3n) is 2.67. The van der Waals surface area contributed by atoms with Crippen LogP contribution in [0, 0.1) is 0 Å². The molecule has 0 aliphatic carbocycles. The topological polar surface area (TPSA) is 51.8 Å². The van der Waals surface area contributed by atoms with Crippen molar-refractivity contribution in [1.82, 2.24) is 9.97 Å². The molecule has 1 aliphatic rings. The first-order valence-corrected chi connectivity index (χ1v) is 7.50. The van der Waals surface area contributed by atoms with Gasteiger partial charge in [0.1, 0.15) is 11.6 Å². The summed E-state index contributed by atoms with van der Waals surface area (Å²) in [4.78, 5) is 9.04. The monoisotopic (exact) mass is 301 g/mol. The Morgan fingerprint density at radius 2 is 2.31 bits per heavy atom. The zero-order valence-corrected chi connectivity index (χ0v) is 11.8. The van der Waals surface area contributed by atoms with Crippen LogP contribution in [-0.2, 0) is 6.42 Å². The number of rotatable bonds is 3. The lowest BCUT2D eigenvalue weighted by molar-refractivity contribution is 0.756. The van der Waals surface area contributed by atoms with Crippen LogP contribution in [0.15, 0.2) is 4.47 Å². The highest BCUT2D eigenvalue weighted by Gasteiger charge is 2.22. The summed E-state index contributed by atoms with van der Waals surface area (Å²) in [6.45, 7) is 2.15. The van der Waals surface area contributed by atoms with E-state index in [1.165, 1.54) is 18.6 Å². The van der Waals surface area contributed by atoms with Gasteiger partial charge in [0.05, 0.1) is 15.4 Å². The fourth-order valence-corrected chi connectivity index (χ4v) is 3.44. The van der Waals surface area contributed by atoms with Crippen LogP contribution in [0.5, 0.6) is 0 Å². The first kappa shape index (κ1) is 12.2. The van der Waals surface area contributed by atoms with Gasteiger partial charge in [-0.3, -0.25) is 0 Å². The molecule has 3 nitrogen and oxygen atoms in total. The third-order valence-corrected chi connectivity index (χ3v) is 4.90. The van der Waals surface area contributed by atoms with Crippen LogP contribution in [0.3, 0.4) is 0 Å². The number of hydrogen-bond acceptors (Lipinski definition) is 4. The number of thioether (sulfide) groups is 1. The van der Waals surface area contributed by atoms with Crippen LogP contribution < -0.4 is 5.73 Å². The van der Waals surface area contributed by atoms with Gasteiger partial charge in [0.15, 0.2) is 0 Å². The fourth-order valence-electron chi connectivity index (χ4n) is 1.86. The smallest absolute Gasteiger partial charge is 0.144 e. The van der Waals surface area contributed by atoms with Gasteiger partial charge in [-0.1, -0.05) is 13.3 Å². The predicted octanol–water partition coefficient (Wildman–Crippen LogP) is 3.34. The number of anilines is 1. The molecule has 0 spiro atoms. The molecule has 0 amide bonds. The summed E-state index contributed by atoms with van der Waals surface area (Å²) in [5.41, 5.74) is 6.97. The second kappa shape index (κ2) is 5.36. The average molecular weight is 302 g/mol. The van der Waals surface area contributed by atoms with Gasteiger partial charge >= 0.3 is 0 Å². The van der Waals surface area contributed by atoms with Crippen LogP contribution in [0.4, 0.5) is 5.82 Å². The lowest BCUT2D eigenvalue weighted by Crippen LogP contribution is -2.07. The number of halogens is 1. The van der Waals surface area contributed by atoms with Crippen LogP contribution in [0.2, 0.25) is 0 Å². The van der Waals surface area contributed by atoms with Gasteiger partial charge in [0.2, 0.25) is 0 Å². The molecule has 1 atom stereocenters. The Labute approximate surface area is 109 Å². The largest absolute Gasteiger partial charge is 0.383 e. The van der Waals surface area contributed by atoms with Crippen molar-refractivity contribution in [3.05, 3.63) is 16.0 Å². The molecule has 5 heteroatoms. The van der Waals surface area contributed by atoms with Crippen molar-refractivity contribution in [2.45, 2.75) is 37.9 Å². The molecule has 2 N–H and O–H groups in total. The van der Waals surface area contributed by atoms with Crippen molar-refractivity contribution in [2.75, 3.05) is 11.5 Å². The van der Waals surface area contributed by atoms with Gasteiger partial charge in [-0.25, -0.2) is 9.97 Å². The summed E-state index contributed by atoms with van der Waals surface area (Å²) in [6, 6.07) is 0. The van der Waals surface area contributed by atoms with Crippen LogP contribution in [0.25, 0.3) is 0 Å². The highest BCUT2D eigenvalue weighted by atomic mass is 79.9. The number of hydrogen-bond donors (Lipinski definition) is 1. The van der Waals surface area contributed by atoms with Crippen molar-refractivity contribution in [1.29, 1.82) is 0 Å². The minimum atomic E-state index is 0.450. The van der Waals surface area contributed by atoms with Crippen molar-refractivity contribution in [2.24, 2.45) is 0 Å². The molecule has 1 aliphatic heterocycles. The van der Waals surface area contributed by atoms with Crippen molar-refractivity contribution >= 4 is 33.5 Å². The Bertz CT molecular complexity index is 378. The Morgan fingerprint density at radius 3 is 2.94 bits per heavy atom. The van der Waals surface area contributed by atoms with Gasteiger partial charge in [-0.15, -0.1) is 0 Å². The molecule has 1 unspecified atom stereocenters. The summed E-state index contributed by atoms with van der Waals surface area (Å²) in [6.07, 6.45) is 4.47. The van der Waals surface area contributed by atoms with E-state index in [0.717, 1.165) is 28.8 Å².